The number of carbonyl (C=O) groups is 1. The second-order valence-electron chi connectivity index (χ2n) is 7.92. The number of rotatable bonds is 5. The Balaban J connectivity index is 1.47. The molecule has 4 rings (SSSR count). The lowest BCUT2D eigenvalue weighted by molar-refractivity contribution is -0.135. The van der Waals surface area contributed by atoms with Crippen LogP contribution in [0.2, 0.25) is 0 Å². The molecule has 27 heavy (non-hydrogen) atoms. The first-order valence-electron chi connectivity index (χ1n) is 10.2. The molecule has 4 heteroatoms. The topological polar surface area (TPSA) is 36.4 Å². The van der Waals surface area contributed by atoms with Gasteiger partial charge in [0.25, 0.3) is 0 Å². The van der Waals surface area contributed by atoms with Crippen LogP contribution in [0.25, 0.3) is 0 Å². The number of carbonyl (C=O) groups excluding carboxylic acids is 1. The summed E-state index contributed by atoms with van der Waals surface area (Å²) in [6.07, 6.45) is 6.18. The van der Waals surface area contributed by atoms with Gasteiger partial charge in [0, 0.05) is 25.3 Å². The van der Waals surface area contributed by atoms with Gasteiger partial charge in [0.15, 0.2) is 0 Å². The molecule has 2 aromatic rings. The average Bonchev–Trinajstić information content (AvgIpc) is 3.31. The highest BCUT2D eigenvalue weighted by Crippen LogP contribution is 2.45. The van der Waals surface area contributed by atoms with E-state index in [9.17, 15) is 4.79 Å². The monoisotopic (exact) mass is 363 g/mol. The van der Waals surface area contributed by atoms with E-state index in [-0.39, 0.29) is 11.8 Å². The third kappa shape index (κ3) is 3.63. The first-order chi connectivity index (χ1) is 13.2. The molecule has 3 unspecified atom stereocenters. The quantitative estimate of drug-likeness (QED) is 0.810. The molecule has 0 aliphatic carbocycles. The Hall–Kier alpha value is -2.20. The van der Waals surface area contributed by atoms with Gasteiger partial charge in [0.1, 0.15) is 0 Å². The number of benzene rings is 1. The van der Waals surface area contributed by atoms with Crippen LogP contribution in [-0.4, -0.2) is 40.3 Å². The molecule has 0 bridgehead atoms. The van der Waals surface area contributed by atoms with E-state index in [0.29, 0.717) is 18.6 Å². The van der Waals surface area contributed by atoms with E-state index >= 15 is 0 Å². The number of nitrogens with zero attached hydrogens (tertiary/aromatic N) is 3. The molecule has 3 atom stereocenters. The summed E-state index contributed by atoms with van der Waals surface area (Å²) in [5, 5.41) is 0. The van der Waals surface area contributed by atoms with E-state index in [1.807, 2.05) is 24.2 Å². The molecule has 0 N–H and O–H groups in total. The van der Waals surface area contributed by atoms with Crippen molar-refractivity contribution in [2.45, 2.75) is 51.2 Å². The highest BCUT2D eigenvalue weighted by Gasteiger charge is 2.47. The van der Waals surface area contributed by atoms with Crippen LogP contribution in [0, 0.1) is 5.92 Å². The lowest BCUT2D eigenvalue weighted by Gasteiger charge is -2.26. The van der Waals surface area contributed by atoms with Crippen LogP contribution in [0.5, 0.6) is 0 Å². The van der Waals surface area contributed by atoms with Crippen LogP contribution in [0.15, 0.2) is 48.7 Å². The van der Waals surface area contributed by atoms with E-state index < -0.39 is 0 Å². The van der Waals surface area contributed by atoms with Gasteiger partial charge in [-0.05, 0) is 49.4 Å². The zero-order valence-electron chi connectivity index (χ0n) is 16.3. The number of aryl methyl sites for hydroxylation is 1. The molecule has 4 nitrogen and oxygen atoms in total. The highest BCUT2D eigenvalue weighted by molar-refractivity contribution is 5.80. The van der Waals surface area contributed by atoms with Crippen LogP contribution >= 0.6 is 0 Å². The molecule has 1 aromatic heterocycles. The van der Waals surface area contributed by atoms with Gasteiger partial charge in [-0.3, -0.25) is 14.7 Å². The maximum atomic E-state index is 13.3. The number of hydrogen-bond donors (Lipinski definition) is 0. The molecule has 2 fully saturated rings. The lowest BCUT2D eigenvalue weighted by atomic mass is 9.93. The minimum absolute atomic E-state index is 0.0950. The summed E-state index contributed by atoms with van der Waals surface area (Å²) >= 11 is 0. The smallest absolute Gasteiger partial charge is 0.227 e. The summed E-state index contributed by atoms with van der Waals surface area (Å²) in [7, 11) is 1.92. The Morgan fingerprint density at radius 3 is 2.74 bits per heavy atom. The molecular weight excluding hydrogens is 334 g/mol. The third-order valence-electron chi connectivity index (χ3n) is 6.26. The van der Waals surface area contributed by atoms with Gasteiger partial charge in [0.2, 0.25) is 5.91 Å². The van der Waals surface area contributed by atoms with Gasteiger partial charge >= 0.3 is 0 Å². The molecular formula is C23H29N3O. The molecule has 2 saturated heterocycles. The minimum atomic E-state index is 0.0950. The Morgan fingerprint density at radius 1 is 1.22 bits per heavy atom. The number of hydrogen-bond acceptors (Lipinski definition) is 3. The molecule has 3 heterocycles. The van der Waals surface area contributed by atoms with Crippen molar-refractivity contribution < 1.29 is 4.79 Å². The summed E-state index contributed by atoms with van der Waals surface area (Å²) in [4.78, 5) is 22.2. The maximum Gasteiger partial charge on any atom is 0.227 e. The van der Waals surface area contributed by atoms with Gasteiger partial charge in [0.05, 0.1) is 18.2 Å². The second-order valence-corrected chi connectivity index (χ2v) is 7.92. The van der Waals surface area contributed by atoms with Crippen LogP contribution < -0.4 is 0 Å². The molecule has 0 radical (unpaired) electrons. The van der Waals surface area contributed by atoms with Crippen LogP contribution in [0.4, 0.5) is 0 Å². The fourth-order valence-corrected chi connectivity index (χ4v) is 4.80. The third-order valence-corrected chi connectivity index (χ3v) is 6.26. The van der Waals surface area contributed by atoms with Gasteiger partial charge < -0.3 is 4.90 Å². The molecule has 0 spiro atoms. The van der Waals surface area contributed by atoms with E-state index in [2.05, 4.69) is 53.2 Å². The van der Waals surface area contributed by atoms with Crippen molar-refractivity contribution in [3.8, 4) is 0 Å². The van der Waals surface area contributed by atoms with Crippen molar-refractivity contribution in [3.63, 3.8) is 0 Å². The van der Waals surface area contributed by atoms with Crippen LogP contribution in [-0.2, 0) is 17.8 Å². The summed E-state index contributed by atoms with van der Waals surface area (Å²) < 4.78 is 0. The molecule has 1 amide bonds. The summed E-state index contributed by atoms with van der Waals surface area (Å²) in [6.45, 7) is 3.82. The van der Waals surface area contributed by atoms with Crippen LogP contribution in [0.3, 0.4) is 0 Å². The van der Waals surface area contributed by atoms with Crippen molar-refractivity contribution in [2.24, 2.45) is 5.92 Å². The van der Waals surface area contributed by atoms with Crippen LogP contribution in [0.1, 0.15) is 49.0 Å². The number of amides is 1. The molecule has 142 valence electrons. The van der Waals surface area contributed by atoms with E-state index in [0.717, 1.165) is 31.5 Å². The zero-order chi connectivity index (χ0) is 18.8. The average molecular weight is 364 g/mol. The predicted molar refractivity (Wildman–Crippen MR) is 107 cm³/mol. The summed E-state index contributed by atoms with van der Waals surface area (Å²) in [5.41, 5.74) is 3.54. The largest absolute Gasteiger partial charge is 0.340 e. The van der Waals surface area contributed by atoms with Crippen molar-refractivity contribution in [2.75, 3.05) is 13.6 Å². The SMILES string of the molecule is CCc1ccc(CN(C)C(=O)C2CC(c3ccccc3)N3CCCC23)nc1. The maximum absolute atomic E-state index is 13.3. The van der Waals surface area contributed by atoms with E-state index in [4.69, 9.17) is 0 Å². The lowest BCUT2D eigenvalue weighted by Crippen LogP contribution is -2.38. The first-order valence-corrected chi connectivity index (χ1v) is 10.2. The second kappa shape index (κ2) is 7.81. The molecule has 0 saturated carbocycles. The Kier molecular flexibility index (Phi) is 5.26. The summed E-state index contributed by atoms with van der Waals surface area (Å²) in [5.74, 6) is 0.365. The Morgan fingerprint density at radius 2 is 2.04 bits per heavy atom. The van der Waals surface area contributed by atoms with Gasteiger partial charge in [-0.2, -0.15) is 0 Å². The fourth-order valence-electron chi connectivity index (χ4n) is 4.80. The van der Waals surface area contributed by atoms with Gasteiger partial charge in [-0.25, -0.2) is 0 Å². The predicted octanol–water partition coefficient (Wildman–Crippen LogP) is 3.83. The number of aromatic nitrogens is 1. The van der Waals surface area contributed by atoms with E-state index in [1.54, 1.807) is 0 Å². The summed E-state index contributed by atoms with van der Waals surface area (Å²) in [6, 6.07) is 15.6. The number of fused-ring (bicyclic) bond motifs is 1. The van der Waals surface area contributed by atoms with Gasteiger partial charge in [-0.1, -0.05) is 43.3 Å². The molecule has 2 aliphatic rings. The molecule has 1 aromatic carbocycles. The van der Waals surface area contributed by atoms with E-state index in [1.165, 1.54) is 17.5 Å². The fraction of sp³-hybridized carbons (Fsp3) is 0.478. The highest BCUT2D eigenvalue weighted by atomic mass is 16.2. The normalized spacial score (nSPS) is 24.7. The standard InChI is InChI=1S/C23H29N3O/c1-3-17-11-12-19(24-15-17)16-25(2)23(27)20-14-22(18-8-5-4-6-9-18)26-13-7-10-21(20)26/h4-6,8-9,11-12,15,20-22H,3,7,10,13-14,16H2,1-2H3. The number of pyridine rings is 1. The molecule has 2 aliphatic heterocycles. The Labute approximate surface area is 162 Å². The first kappa shape index (κ1) is 18.2. The minimum Gasteiger partial charge on any atom is -0.340 e. The Bertz CT molecular complexity index is 774. The van der Waals surface area contributed by atoms with Crippen molar-refractivity contribution in [3.05, 3.63) is 65.5 Å². The van der Waals surface area contributed by atoms with Crippen molar-refractivity contribution in [1.29, 1.82) is 0 Å². The van der Waals surface area contributed by atoms with Crippen molar-refractivity contribution in [1.82, 2.24) is 14.8 Å². The zero-order valence-corrected chi connectivity index (χ0v) is 16.3. The van der Waals surface area contributed by atoms with Crippen molar-refractivity contribution >= 4 is 5.91 Å². The van der Waals surface area contributed by atoms with Gasteiger partial charge in [-0.15, -0.1) is 0 Å².